The molecule has 0 unspecified atom stereocenters. The van der Waals surface area contributed by atoms with Gasteiger partial charge in [-0.3, -0.25) is 14.7 Å². The molecule has 0 amide bonds. The van der Waals surface area contributed by atoms with E-state index in [-0.39, 0.29) is 75.9 Å². The third-order valence-electron chi connectivity index (χ3n) is 4.17. The van der Waals surface area contributed by atoms with Crippen LogP contribution in [0.5, 0.6) is 5.75 Å². The molecule has 0 aliphatic rings. The fourth-order valence-corrected chi connectivity index (χ4v) is 3.98. The molecule has 168 valence electrons. The molecule has 0 saturated heterocycles. The molecule has 0 saturated carbocycles. The van der Waals surface area contributed by atoms with Gasteiger partial charge in [0.15, 0.2) is 5.69 Å². The summed E-state index contributed by atoms with van der Waals surface area (Å²) in [6.07, 6.45) is 0. The second-order valence-corrected chi connectivity index (χ2v) is 9.06. The zero-order valence-electron chi connectivity index (χ0n) is 17.5. The molecule has 0 aromatic heterocycles. The molecule has 0 bridgehead atoms. The summed E-state index contributed by atoms with van der Waals surface area (Å²) in [4.78, 5) is 8.43. The number of hydrogen-bond acceptors (Lipinski definition) is 12. The number of nitrogen functional groups attached to an aromatic ring is 2. The first-order valence-electron chi connectivity index (χ1n) is 8.16. The molecule has 0 spiro atoms. The van der Waals surface area contributed by atoms with Crippen molar-refractivity contribution in [2.45, 2.75) is 9.79 Å². The fourth-order valence-electron chi connectivity index (χ4n) is 2.79. The number of benzene rings is 3. The molecule has 0 aliphatic carbocycles. The number of nitro benzene ring substituents is 1. The standard InChI is InChI=1S/C16H13N5O9S2.2Na/c17-8-1-2-10(11(5-8)21(23)24)19-20-16-13(32(28,29)30)4-7-3-9(31(25,26)27)6-12(22)14(7)15(16)18;;/h1-6,22H,17-18H2,(H,25,26,27)(H,28,29,30);;/q;2*+1/p-2. The van der Waals surface area contributed by atoms with Crippen LogP contribution in [0.2, 0.25) is 0 Å². The number of nitro groups is 1. The van der Waals surface area contributed by atoms with Crippen LogP contribution in [0, 0.1) is 10.1 Å². The van der Waals surface area contributed by atoms with Crippen molar-refractivity contribution in [2.24, 2.45) is 10.2 Å². The second-order valence-electron chi connectivity index (χ2n) is 6.29. The van der Waals surface area contributed by atoms with E-state index in [2.05, 4.69) is 10.2 Å². The van der Waals surface area contributed by atoms with E-state index in [0.29, 0.717) is 12.1 Å². The van der Waals surface area contributed by atoms with Crippen molar-refractivity contribution in [1.29, 1.82) is 0 Å². The minimum atomic E-state index is -5.30. The maximum absolute atomic E-state index is 12.4. The third kappa shape index (κ3) is 6.22. The normalized spacial score (nSPS) is 11.7. The topological polar surface area (TPSA) is 255 Å². The quantitative estimate of drug-likeness (QED) is 0.0712. The first-order valence-corrected chi connectivity index (χ1v) is 11.0. The van der Waals surface area contributed by atoms with E-state index in [1.54, 1.807) is 0 Å². The maximum Gasteiger partial charge on any atom is 1.00 e. The van der Waals surface area contributed by atoms with Crippen molar-refractivity contribution in [3.8, 4) is 5.75 Å². The third-order valence-corrected chi connectivity index (χ3v) is 5.85. The van der Waals surface area contributed by atoms with Crippen molar-refractivity contribution in [1.82, 2.24) is 0 Å². The van der Waals surface area contributed by atoms with Crippen molar-refractivity contribution in [3.05, 3.63) is 46.5 Å². The maximum atomic E-state index is 12.4. The predicted molar refractivity (Wildman–Crippen MR) is 107 cm³/mol. The molecule has 34 heavy (non-hydrogen) atoms. The van der Waals surface area contributed by atoms with Crippen LogP contribution in [-0.4, -0.2) is 30.9 Å². The molecule has 0 radical (unpaired) electrons. The summed E-state index contributed by atoms with van der Waals surface area (Å²) >= 11 is 0. The monoisotopic (exact) mass is 527 g/mol. The smallest absolute Gasteiger partial charge is 0.872 e. The van der Waals surface area contributed by atoms with Crippen LogP contribution in [0.25, 0.3) is 10.8 Å². The molecule has 5 N–H and O–H groups in total. The van der Waals surface area contributed by atoms with E-state index < -0.39 is 63.1 Å². The van der Waals surface area contributed by atoms with E-state index in [1.807, 2.05) is 0 Å². The van der Waals surface area contributed by atoms with Crippen LogP contribution in [0.1, 0.15) is 0 Å². The van der Waals surface area contributed by atoms with Crippen molar-refractivity contribution < 1.29 is 95.1 Å². The number of azo groups is 1. The Balaban J connectivity index is 0.00000289. The number of hydrogen-bond donors (Lipinski definition) is 3. The molecular weight excluding hydrogens is 516 g/mol. The average Bonchev–Trinajstić information content (AvgIpc) is 2.65. The van der Waals surface area contributed by atoms with E-state index >= 15 is 0 Å². The number of rotatable bonds is 5. The van der Waals surface area contributed by atoms with E-state index in [9.17, 15) is 36.6 Å². The first kappa shape index (κ1) is 30.2. The van der Waals surface area contributed by atoms with Gasteiger partial charge in [-0.2, -0.15) is 8.42 Å². The van der Waals surface area contributed by atoms with Gasteiger partial charge in [-0.05, 0) is 41.1 Å². The van der Waals surface area contributed by atoms with Crippen molar-refractivity contribution >= 4 is 59.4 Å². The minimum absolute atomic E-state index is 0. The molecule has 0 aliphatic heterocycles. The zero-order valence-corrected chi connectivity index (χ0v) is 23.1. The summed E-state index contributed by atoms with van der Waals surface area (Å²) in [5.41, 5.74) is 8.99. The Morgan fingerprint density at radius 2 is 1.59 bits per heavy atom. The van der Waals surface area contributed by atoms with Gasteiger partial charge in [-0.15, -0.1) is 10.2 Å². The van der Waals surface area contributed by atoms with Gasteiger partial charge in [-0.25, -0.2) is 8.42 Å². The predicted octanol–water partition coefficient (Wildman–Crippen LogP) is -4.44. The molecule has 3 rings (SSSR count). The Labute approximate surface area is 236 Å². The van der Waals surface area contributed by atoms with Crippen LogP contribution in [0.15, 0.2) is 56.4 Å². The summed E-state index contributed by atoms with van der Waals surface area (Å²) in [5, 5.41) is 29.9. The van der Waals surface area contributed by atoms with Gasteiger partial charge < -0.3 is 21.1 Å². The van der Waals surface area contributed by atoms with Crippen molar-refractivity contribution in [2.75, 3.05) is 11.5 Å². The summed E-state index contributed by atoms with van der Waals surface area (Å²) in [7, 11) is -10.1. The molecule has 0 atom stereocenters. The van der Waals surface area contributed by atoms with Crippen LogP contribution >= 0.6 is 0 Å². The Morgan fingerprint density at radius 3 is 2.12 bits per heavy atom. The molecule has 3 aromatic rings. The van der Waals surface area contributed by atoms with Gasteiger partial charge in [0.1, 0.15) is 15.8 Å². The second kappa shape index (κ2) is 10.8. The number of fused-ring (bicyclic) bond motifs is 1. The minimum Gasteiger partial charge on any atom is -0.872 e. The first-order chi connectivity index (χ1) is 14.7. The Bertz CT molecular complexity index is 1540. The molecule has 3 aromatic carbocycles. The van der Waals surface area contributed by atoms with Gasteiger partial charge in [0.2, 0.25) is 0 Å². The van der Waals surface area contributed by atoms with Gasteiger partial charge in [0.05, 0.1) is 20.4 Å². The van der Waals surface area contributed by atoms with Gasteiger partial charge in [0, 0.05) is 11.8 Å². The largest absolute Gasteiger partial charge is 1.00 e. The molecule has 0 fully saturated rings. The fraction of sp³-hybridized carbons (Fsp3) is 0. The summed E-state index contributed by atoms with van der Waals surface area (Å²) in [5.74, 6) is -1.03. The Hall–Kier alpha value is -1.86. The summed E-state index contributed by atoms with van der Waals surface area (Å²) < 4.78 is 67.1. The Morgan fingerprint density at radius 1 is 0.971 bits per heavy atom. The molecular formula is C16H11N5Na2O9S2. The van der Waals surface area contributed by atoms with Crippen LogP contribution < -0.4 is 75.7 Å². The molecule has 14 nitrogen and oxygen atoms in total. The van der Waals surface area contributed by atoms with Gasteiger partial charge in [0.25, 0.3) is 15.8 Å². The van der Waals surface area contributed by atoms with Crippen LogP contribution in [0.3, 0.4) is 0 Å². The van der Waals surface area contributed by atoms with Gasteiger partial charge in [-0.1, -0.05) is 5.75 Å². The SMILES string of the molecule is Nc1ccc(N=Nc2c(S(=O)(=O)[O-])cc3cc(S(=O)(=O)O)cc([O-])c3c2N)c([N+](=O)[O-])c1.[Na+].[Na+]. The van der Waals surface area contributed by atoms with E-state index in [0.717, 1.165) is 18.2 Å². The zero-order chi connectivity index (χ0) is 24.0. The molecule has 18 heteroatoms. The van der Waals surface area contributed by atoms with E-state index in [4.69, 9.17) is 16.0 Å². The summed E-state index contributed by atoms with van der Waals surface area (Å²) in [6, 6.07) is 5.24. The van der Waals surface area contributed by atoms with Crippen molar-refractivity contribution in [3.63, 3.8) is 0 Å². The average molecular weight is 527 g/mol. The number of nitrogens with two attached hydrogens (primary N) is 2. The molecule has 0 heterocycles. The van der Waals surface area contributed by atoms with Crippen LogP contribution in [0.4, 0.5) is 28.4 Å². The van der Waals surface area contributed by atoms with E-state index in [1.165, 1.54) is 6.07 Å². The summed E-state index contributed by atoms with van der Waals surface area (Å²) in [6.45, 7) is 0. The van der Waals surface area contributed by atoms with Gasteiger partial charge >= 0.3 is 59.1 Å². The number of anilines is 2. The van der Waals surface area contributed by atoms with Crippen LogP contribution in [-0.2, 0) is 20.2 Å². The number of nitrogens with zero attached hydrogens (tertiary/aromatic N) is 3. The Kier molecular flexibility index (Phi) is 9.60.